The van der Waals surface area contributed by atoms with Crippen molar-refractivity contribution in [3.05, 3.63) is 71.4 Å². The van der Waals surface area contributed by atoms with Gasteiger partial charge >= 0.3 is 6.18 Å². The van der Waals surface area contributed by atoms with Crippen molar-refractivity contribution in [2.24, 2.45) is 5.92 Å². The molecule has 0 saturated carbocycles. The zero-order valence-corrected chi connectivity index (χ0v) is 16.7. The van der Waals surface area contributed by atoms with Gasteiger partial charge in [-0.25, -0.2) is 0 Å². The van der Waals surface area contributed by atoms with Crippen LogP contribution in [0.3, 0.4) is 0 Å². The number of alkyl halides is 3. The molecule has 0 bridgehead atoms. The molecule has 1 atom stereocenters. The minimum absolute atomic E-state index is 0.00914. The Labute approximate surface area is 177 Å². The van der Waals surface area contributed by atoms with Gasteiger partial charge in [-0.15, -0.1) is 0 Å². The number of rotatable bonds is 4. The lowest BCUT2D eigenvalue weighted by atomic mass is 9.96. The molecular formula is C23H22F3N3O2. The van der Waals surface area contributed by atoms with Crippen molar-refractivity contribution >= 4 is 22.7 Å². The van der Waals surface area contributed by atoms with Crippen LogP contribution >= 0.6 is 0 Å². The zero-order valence-electron chi connectivity index (χ0n) is 16.7. The molecule has 1 aliphatic rings. The van der Waals surface area contributed by atoms with Gasteiger partial charge in [0.15, 0.2) is 0 Å². The third-order valence-corrected chi connectivity index (χ3v) is 5.56. The molecule has 8 heteroatoms. The number of amides is 2. The van der Waals surface area contributed by atoms with Crippen molar-refractivity contribution in [3.8, 4) is 0 Å². The van der Waals surface area contributed by atoms with Crippen LogP contribution in [0.1, 0.15) is 34.5 Å². The number of likely N-dealkylation sites (tertiary alicyclic amines) is 1. The fourth-order valence-electron chi connectivity index (χ4n) is 3.93. The van der Waals surface area contributed by atoms with Crippen molar-refractivity contribution in [2.45, 2.75) is 25.6 Å². The highest BCUT2D eigenvalue weighted by atomic mass is 19.4. The lowest BCUT2D eigenvalue weighted by molar-refractivity contribution is -0.137. The van der Waals surface area contributed by atoms with Crippen LogP contribution in [-0.4, -0.2) is 34.8 Å². The average molecular weight is 429 g/mol. The number of benzene rings is 2. The van der Waals surface area contributed by atoms with Gasteiger partial charge in [0, 0.05) is 30.5 Å². The molecule has 3 aromatic rings. The van der Waals surface area contributed by atoms with Crippen LogP contribution in [-0.2, 0) is 17.5 Å². The first kappa shape index (κ1) is 21.0. The maximum atomic E-state index is 12.9. The minimum Gasteiger partial charge on any atom is -0.352 e. The Hall–Kier alpha value is -3.29. The molecule has 1 saturated heterocycles. The third kappa shape index (κ3) is 4.73. The first-order valence-electron chi connectivity index (χ1n) is 10.1. The Kier molecular flexibility index (Phi) is 5.71. The fraction of sp³-hybridized carbons (Fsp3) is 0.304. The quantitative estimate of drug-likeness (QED) is 0.648. The van der Waals surface area contributed by atoms with E-state index < -0.39 is 17.7 Å². The highest BCUT2D eigenvalue weighted by Gasteiger charge is 2.31. The normalized spacial score (nSPS) is 17.0. The van der Waals surface area contributed by atoms with Crippen LogP contribution in [0.15, 0.2) is 54.6 Å². The molecule has 2 heterocycles. The molecule has 0 radical (unpaired) electrons. The SMILES string of the molecule is O=C(NCc1cccc(C(F)(F)F)c1)[C@H]1CCCN(C(=O)c2cc3ccccc3[nH]2)C1. The summed E-state index contributed by atoms with van der Waals surface area (Å²) in [5, 5.41) is 3.66. The molecule has 31 heavy (non-hydrogen) atoms. The van der Waals surface area contributed by atoms with Crippen LogP contribution in [0.25, 0.3) is 10.9 Å². The molecule has 5 nitrogen and oxygen atoms in total. The molecule has 2 N–H and O–H groups in total. The number of nitrogens with one attached hydrogen (secondary N) is 2. The van der Waals surface area contributed by atoms with Crippen LogP contribution in [0, 0.1) is 5.92 Å². The number of hydrogen-bond acceptors (Lipinski definition) is 2. The summed E-state index contributed by atoms with van der Waals surface area (Å²) < 4.78 is 38.6. The van der Waals surface area contributed by atoms with Crippen molar-refractivity contribution in [1.29, 1.82) is 0 Å². The largest absolute Gasteiger partial charge is 0.416 e. The Bertz CT molecular complexity index is 1070. The van der Waals surface area contributed by atoms with Gasteiger partial charge in [0.2, 0.25) is 5.91 Å². The maximum Gasteiger partial charge on any atom is 0.416 e. The maximum absolute atomic E-state index is 12.9. The second-order valence-corrected chi connectivity index (χ2v) is 7.78. The summed E-state index contributed by atoms with van der Waals surface area (Å²) >= 11 is 0. The number of aromatic nitrogens is 1. The van der Waals surface area contributed by atoms with E-state index in [0.29, 0.717) is 30.6 Å². The van der Waals surface area contributed by atoms with Gasteiger partial charge in [-0.05, 0) is 42.7 Å². The van der Waals surface area contributed by atoms with Crippen molar-refractivity contribution in [3.63, 3.8) is 0 Å². The van der Waals surface area contributed by atoms with E-state index >= 15 is 0 Å². The summed E-state index contributed by atoms with van der Waals surface area (Å²) in [5.41, 5.74) is 0.987. The second-order valence-electron chi connectivity index (χ2n) is 7.78. The number of H-pyrrole nitrogens is 1. The van der Waals surface area contributed by atoms with Crippen molar-refractivity contribution in [1.82, 2.24) is 15.2 Å². The molecule has 4 rings (SSSR count). The molecule has 1 fully saturated rings. The van der Waals surface area contributed by atoms with Crippen LogP contribution in [0.4, 0.5) is 13.2 Å². The lowest BCUT2D eigenvalue weighted by Crippen LogP contribution is -2.45. The zero-order chi connectivity index (χ0) is 22.0. The van der Waals surface area contributed by atoms with Gasteiger partial charge in [-0.1, -0.05) is 30.3 Å². The lowest BCUT2D eigenvalue weighted by Gasteiger charge is -2.31. The summed E-state index contributed by atoms with van der Waals surface area (Å²) in [6.45, 7) is 0.851. The van der Waals surface area contributed by atoms with Crippen LogP contribution in [0.5, 0.6) is 0 Å². The van der Waals surface area contributed by atoms with Crippen LogP contribution in [0.2, 0.25) is 0 Å². The molecule has 1 aromatic heterocycles. The van der Waals surface area contributed by atoms with E-state index in [-0.39, 0.29) is 24.9 Å². The number of hydrogen-bond donors (Lipinski definition) is 2. The average Bonchev–Trinajstić information content (AvgIpc) is 3.21. The predicted molar refractivity (Wildman–Crippen MR) is 110 cm³/mol. The Morgan fingerprint density at radius 3 is 2.68 bits per heavy atom. The van der Waals surface area contributed by atoms with E-state index in [1.165, 1.54) is 6.07 Å². The highest BCUT2D eigenvalue weighted by molar-refractivity contribution is 5.98. The van der Waals surface area contributed by atoms with E-state index in [4.69, 9.17) is 0 Å². The number of piperidine rings is 1. The summed E-state index contributed by atoms with van der Waals surface area (Å²) in [6.07, 6.45) is -3.11. The monoisotopic (exact) mass is 429 g/mol. The van der Waals surface area contributed by atoms with Gasteiger partial charge in [0.05, 0.1) is 11.5 Å². The molecular weight excluding hydrogens is 407 g/mol. The standard InChI is InChI=1S/C23H22F3N3O2/c24-23(25,26)18-8-3-5-15(11-18)13-27-21(30)17-7-4-10-29(14-17)22(31)20-12-16-6-1-2-9-19(16)28-20/h1-3,5-6,8-9,11-12,17,28H,4,7,10,13-14H2,(H,27,30)/t17-/m0/s1. The van der Waals surface area contributed by atoms with Crippen molar-refractivity contribution < 1.29 is 22.8 Å². The third-order valence-electron chi connectivity index (χ3n) is 5.56. The first-order chi connectivity index (χ1) is 14.8. The Morgan fingerprint density at radius 1 is 1.10 bits per heavy atom. The molecule has 0 unspecified atom stereocenters. The fourth-order valence-corrected chi connectivity index (χ4v) is 3.93. The van der Waals surface area contributed by atoms with Gasteiger partial charge in [0.1, 0.15) is 5.69 Å². The number of para-hydroxylation sites is 1. The predicted octanol–water partition coefficient (Wildman–Crippen LogP) is 4.36. The summed E-state index contributed by atoms with van der Waals surface area (Å²) in [5.74, 6) is -0.814. The van der Waals surface area contributed by atoms with E-state index in [2.05, 4.69) is 10.3 Å². The number of carbonyl (C=O) groups excluding carboxylic acids is 2. The number of carbonyl (C=O) groups is 2. The smallest absolute Gasteiger partial charge is 0.352 e. The minimum atomic E-state index is -4.42. The molecule has 0 spiro atoms. The first-order valence-corrected chi connectivity index (χ1v) is 10.1. The molecule has 162 valence electrons. The summed E-state index contributed by atoms with van der Waals surface area (Å²) in [4.78, 5) is 30.3. The van der Waals surface area contributed by atoms with E-state index in [1.54, 1.807) is 17.0 Å². The topological polar surface area (TPSA) is 65.2 Å². The van der Waals surface area contributed by atoms with E-state index in [9.17, 15) is 22.8 Å². The Balaban J connectivity index is 1.38. The number of halogens is 3. The number of fused-ring (bicyclic) bond motifs is 1. The van der Waals surface area contributed by atoms with Gasteiger partial charge in [0.25, 0.3) is 5.91 Å². The van der Waals surface area contributed by atoms with Gasteiger partial charge in [-0.2, -0.15) is 13.2 Å². The second kappa shape index (κ2) is 8.45. The highest BCUT2D eigenvalue weighted by Crippen LogP contribution is 2.29. The number of aromatic amines is 1. The summed E-state index contributed by atoms with van der Waals surface area (Å²) in [7, 11) is 0. The molecule has 2 amide bonds. The Morgan fingerprint density at radius 2 is 1.90 bits per heavy atom. The van der Waals surface area contributed by atoms with Gasteiger partial charge in [-0.3, -0.25) is 9.59 Å². The molecule has 0 aliphatic carbocycles. The molecule has 2 aromatic carbocycles. The van der Waals surface area contributed by atoms with Gasteiger partial charge < -0.3 is 15.2 Å². The van der Waals surface area contributed by atoms with Crippen molar-refractivity contribution in [2.75, 3.05) is 13.1 Å². The van der Waals surface area contributed by atoms with Crippen LogP contribution < -0.4 is 5.32 Å². The molecule has 1 aliphatic heterocycles. The van der Waals surface area contributed by atoms with E-state index in [0.717, 1.165) is 23.0 Å². The number of nitrogens with zero attached hydrogens (tertiary/aromatic N) is 1. The summed E-state index contributed by atoms with van der Waals surface area (Å²) in [6, 6.07) is 14.3. The van der Waals surface area contributed by atoms with E-state index in [1.807, 2.05) is 24.3 Å².